The summed E-state index contributed by atoms with van der Waals surface area (Å²) in [6.07, 6.45) is 7.88. The molecule has 0 unspecified atom stereocenters. The van der Waals surface area contributed by atoms with Crippen molar-refractivity contribution in [2.45, 2.75) is 38.6 Å². The minimum absolute atomic E-state index is 0.166. The first kappa shape index (κ1) is 14.5. The molecule has 3 heterocycles. The number of aromatic amines is 1. The highest BCUT2D eigenvalue weighted by Gasteiger charge is 2.34. The second-order valence-corrected chi connectivity index (χ2v) is 5.59. The lowest BCUT2D eigenvalue weighted by Crippen LogP contribution is -2.49. The van der Waals surface area contributed by atoms with Gasteiger partial charge in [0.2, 0.25) is 0 Å². The molecule has 0 aromatic carbocycles. The smallest absolute Gasteiger partial charge is 0.141 e. The first-order valence-electron chi connectivity index (χ1n) is 7.63. The van der Waals surface area contributed by atoms with E-state index in [-0.39, 0.29) is 5.54 Å². The van der Waals surface area contributed by atoms with Crippen LogP contribution >= 0.6 is 0 Å². The van der Waals surface area contributed by atoms with E-state index < -0.39 is 0 Å². The molecule has 3 rings (SSSR count). The van der Waals surface area contributed by atoms with E-state index in [9.17, 15) is 5.26 Å². The largest absolute Gasteiger partial charge is 0.346 e. The molecule has 2 aromatic rings. The summed E-state index contributed by atoms with van der Waals surface area (Å²) < 4.78 is 0. The number of rotatable bonds is 5. The maximum Gasteiger partial charge on any atom is 0.141 e. The van der Waals surface area contributed by atoms with E-state index >= 15 is 0 Å². The van der Waals surface area contributed by atoms with Gasteiger partial charge >= 0.3 is 0 Å². The maximum atomic E-state index is 9.17. The van der Waals surface area contributed by atoms with Crippen LogP contribution in [-0.2, 0) is 0 Å². The Kier molecular flexibility index (Phi) is 3.82. The van der Waals surface area contributed by atoms with Gasteiger partial charge in [-0.05, 0) is 18.9 Å². The lowest BCUT2D eigenvalue weighted by Gasteiger charge is -2.39. The molecule has 0 aliphatic carbocycles. The molecule has 2 aromatic heterocycles. The first-order valence-corrected chi connectivity index (χ1v) is 7.63. The number of fused-ring (bicyclic) bond motifs is 1. The van der Waals surface area contributed by atoms with Crippen LogP contribution in [-0.4, -0.2) is 32.0 Å². The highest BCUT2D eigenvalue weighted by molar-refractivity contribution is 5.88. The Balaban J connectivity index is 1.98. The Hall–Kier alpha value is -2.39. The Morgan fingerprint density at radius 1 is 1.36 bits per heavy atom. The van der Waals surface area contributed by atoms with E-state index in [0.717, 1.165) is 35.1 Å². The van der Waals surface area contributed by atoms with Crippen LogP contribution in [0.3, 0.4) is 0 Å². The van der Waals surface area contributed by atoms with Crippen LogP contribution in [0.5, 0.6) is 0 Å². The summed E-state index contributed by atoms with van der Waals surface area (Å²) in [5.41, 5.74) is 6.15. The number of nitrogens with zero attached hydrogens (tertiary/aromatic N) is 4. The van der Waals surface area contributed by atoms with Crippen molar-refractivity contribution in [2.75, 3.05) is 6.54 Å². The molecule has 6 nitrogen and oxygen atoms in total. The normalized spacial score (nSPS) is 15.1. The van der Waals surface area contributed by atoms with Crippen molar-refractivity contribution in [3.05, 3.63) is 30.5 Å². The molecular formula is C16H20N6. The maximum absolute atomic E-state index is 9.17. The van der Waals surface area contributed by atoms with Crippen LogP contribution < -0.4 is 5.43 Å². The quantitative estimate of drug-likeness (QED) is 0.886. The highest BCUT2D eigenvalue weighted by Crippen LogP contribution is 2.32. The van der Waals surface area contributed by atoms with Gasteiger partial charge in [-0.1, -0.05) is 13.8 Å². The number of hydrogen-bond donors (Lipinski definition) is 2. The van der Waals surface area contributed by atoms with Gasteiger partial charge in [0, 0.05) is 29.9 Å². The highest BCUT2D eigenvalue weighted by atomic mass is 15.5. The predicted octanol–water partition coefficient (Wildman–Crippen LogP) is 2.59. The summed E-state index contributed by atoms with van der Waals surface area (Å²) in [4.78, 5) is 11.8. The van der Waals surface area contributed by atoms with Gasteiger partial charge in [0.15, 0.2) is 0 Å². The van der Waals surface area contributed by atoms with Crippen LogP contribution in [0, 0.1) is 11.3 Å². The van der Waals surface area contributed by atoms with E-state index in [4.69, 9.17) is 0 Å². The molecule has 0 spiro atoms. The van der Waals surface area contributed by atoms with Crippen molar-refractivity contribution in [1.82, 2.24) is 25.4 Å². The Morgan fingerprint density at radius 3 is 2.91 bits per heavy atom. The fraction of sp³-hybridized carbons (Fsp3) is 0.438. The van der Waals surface area contributed by atoms with E-state index in [2.05, 4.69) is 51.5 Å². The minimum atomic E-state index is -0.166. The third-order valence-electron chi connectivity index (χ3n) is 4.62. The SMILES string of the molecule is CCC(CC)(CC#N)N1C=C(c2ncnc3[nH]ccc23)CN1. The van der Waals surface area contributed by atoms with Gasteiger partial charge in [0.1, 0.15) is 12.0 Å². The number of H-pyrrole nitrogens is 1. The number of hydrazine groups is 1. The van der Waals surface area contributed by atoms with E-state index in [1.54, 1.807) is 6.33 Å². The number of aromatic nitrogens is 3. The minimum Gasteiger partial charge on any atom is -0.346 e. The van der Waals surface area contributed by atoms with Crippen molar-refractivity contribution < 1.29 is 0 Å². The van der Waals surface area contributed by atoms with Crippen molar-refractivity contribution in [2.24, 2.45) is 0 Å². The standard InChI is InChI=1S/C16H20N6/c1-3-16(4-2,6-7-17)22-10-12(9-21-22)14-13-5-8-18-15(13)20-11-19-14/h5,8,10-11,21H,3-4,6,9H2,1-2H3,(H,18,19,20). The van der Waals surface area contributed by atoms with Crippen LogP contribution in [0.2, 0.25) is 0 Å². The van der Waals surface area contributed by atoms with Crippen LogP contribution in [0.4, 0.5) is 0 Å². The average molecular weight is 296 g/mol. The molecule has 1 aliphatic heterocycles. The number of hydrogen-bond acceptors (Lipinski definition) is 5. The number of nitrogens with one attached hydrogen (secondary N) is 2. The monoisotopic (exact) mass is 296 g/mol. The van der Waals surface area contributed by atoms with Crippen LogP contribution in [0.15, 0.2) is 24.8 Å². The van der Waals surface area contributed by atoms with E-state index in [0.29, 0.717) is 13.0 Å². The predicted molar refractivity (Wildman–Crippen MR) is 85.3 cm³/mol. The van der Waals surface area contributed by atoms with Gasteiger partial charge in [-0.3, -0.25) is 0 Å². The zero-order valence-electron chi connectivity index (χ0n) is 12.9. The molecule has 0 amide bonds. The summed E-state index contributed by atoms with van der Waals surface area (Å²) >= 11 is 0. The topological polar surface area (TPSA) is 80.6 Å². The van der Waals surface area contributed by atoms with Crippen molar-refractivity contribution in [3.8, 4) is 6.07 Å². The van der Waals surface area contributed by atoms with Gasteiger partial charge < -0.3 is 9.99 Å². The molecule has 0 saturated carbocycles. The van der Waals surface area contributed by atoms with Gasteiger partial charge in [-0.25, -0.2) is 15.4 Å². The molecule has 0 saturated heterocycles. The summed E-state index contributed by atoms with van der Waals surface area (Å²) in [6.45, 7) is 4.97. The fourth-order valence-corrected chi connectivity index (χ4v) is 3.07. The summed E-state index contributed by atoms with van der Waals surface area (Å²) in [7, 11) is 0. The van der Waals surface area contributed by atoms with Crippen LogP contribution in [0.1, 0.15) is 38.8 Å². The average Bonchev–Trinajstić information content (AvgIpc) is 3.21. The Bertz CT molecular complexity index is 734. The zero-order chi connectivity index (χ0) is 15.6. The van der Waals surface area contributed by atoms with Crippen molar-refractivity contribution >= 4 is 16.6 Å². The van der Waals surface area contributed by atoms with E-state index in [1.165, 1.54) is 0 Å². The summed E-state index contributed by atoms with van der Waals surface area (Å²) in [6, 6.07) is 4.32. The molecule has 22 heavy (non-hydrogen) atoms. The van der Waals surface area contributed by atoms with Gasteiger partial charge in [-0.15, -0.1) is 0 Å². The Morgan fingerprint density at radius 2 is 2.18 bits per heavy atom. The lowest BCUT2D eigenvalue weighted by molar-refractivity contribution is 0.0976. The molecule has 1 aliphatic rings. The van der Waals surface area contributed by atoms with E-state index in [1.807, 2.05) is 12.3 Å². The molecule has 0 radical (unpaired) electrons. The van der Waals surface area contributed by atoms with Crippen molar-refractivity contribution in [1.29, 1.82) is 5.26 Å². The molecule has 0 atom stereocenters. The van der Waals surface area contributed by atoms with Crippen LogP contribution in [0.25, 0.3) is 16.6 Å². The Labute approximate surface area is 129 Å². The summed E-state index contributed by atoms with van der Waals surface area (Å²) in [5, 5.41) is 12.3. The third-order valence-corrected chi connectivity index (χ3v) is 4.62. The molecule has 114 valence electrons. The second kappa shape index (κ2) is 5.78. The first-order chi connectivity index (χ1) is 10.7. The molecule has 6 heteroatoms. The second-order valence-electron chi connectivity index (χ2n) is 5.59. The lowest BCUT2D eigenvalue weighted by atomic mass is 9.89. The zero-order valence-corrected chi connectivity index (χ0v) is 12.9. The molecule has 0 bridgehead atoms. The van der Waals surface area contributed by atoms with Gasteiger partial charge in [-0.2, -0.15) is 5.26 Å². The number of nitriles is 1. The molecule has 2 N–H and O–H groups in total. The van der Waals surface area contributed by atoms with Gasteiger partial charge in [0.25, 0.3) is 0 Å². The third kappa shape index (κ3) is 2.24. The molecule has 0 fully saturated rings. The summed E-state index contributed by atoms with van der Waals surface area (Å²) in [5.74, 6) is 0. The van der Waals surface area contributed by atoms with Gasteiger partial charge in [0.05, 0.1) is 23.7 Å². The molecular weight excluding hydrogens is 276 g/mol. The van der Waals surface area contributed by atoms with Crippen molar-refractivity contribution in [3.63, 3.8) is 0 Å². The fourth-order valence-electron chi connectivity index (χ4n) is 3.07.